The normalized spacial score (nSPS) is 20.6. The van der Waals surface area contributed by atoms with Crippen molar-refractivity contribution in [2.24, 2.45) is 17.3 Å². The summed E-state index contributed by atoms with van der Waals surface area (Å²) in [7, 11) is 0. The van der Waals surface area contributed by atoms with E-state index in [1.807, 2.05) is 39.8 Å². The molecule has 0 aromatic carbocycles. The molecule has 2 amide bonds. The van der Waals surface area contributed by atoms with E-state index in [-0.39, 0.29) is 29.3 Å². The van der Waals surface area contributed by atoms with Gasteiger partial charge in [-0.25, -0.2) is 9.59 Å². The van der Waals surface area contributed by atoms with Crippen molar-refractivity contribution in [1.82, 2.24) is 15.6 Å². The van der Waals surface area contributed by atoms with Crippen LogP contribution in [0.1, 0.15) is 38.4 Å². The highest BCUT2D eigenvalue weighted by Crippen LogP contribution is 2.52. The molecule has 8 nitrogen and oxygen atoms in total. The number of urea groups is 1. The van der Waals surface area contributed by atoms with Crippen molar-refractivity contribution in [3.05, 3.63) is 29.6 Å². The molecule has 2 rings (SSSR count). The first kappa shape index (κ1) is 25.2. The monoisotopic (exact) mass is 433 g/mol. The number of aliphatic carboxylic acids is 2. The van der Waals surface area contributed by atoms with Gasteiger partial charge in [0.25, 0.3) is 0 Å². The number of nitrogens with zero attached hydrogens (tertiary/aromatic N) is 1. The molecule has 1 unspecified atom stereocenters. The van der Waals surface area contributed by atoms with Gasteiger partial charge in [0.05, 0.1) is 5.92 Å². The summed E-state index contributed by atoms with van der Waals surface area (Å²) >= 11 is 0. The number of aromatic nitrogens is 1. The zero-order chi connectivity index (χ0) is 23.3. The standard InChI is InChI=1S/C17H25N3O3.C2HF3O2/c1-10-12(6-5-7-18-10)9-19-16(23)20-11(2)13-8-14(15(21)22)17(13,3)4;3-2(4,5)1(6)7/h5-7,11,13-14H,8-9H2,1-4H3,(H,21,22)(H2,19,20,23);(H,6,7)/t11?,13-,14+;/m0./s1. The minimum Gasteiger partial charge on any atom is -0.481 e. The van der Waals surface area contributed by atoms with Crippen molar-refractivity contribution in [2.75, 3.05) is 0 Å². The van der Waals surface area contributed by atoms with E-state index in [1.54, 1.807) is 6.20 Å². The fraction of sp³-hybridized carbons (Fsp3) is 0.579. The number of aryl methyl sites for hydroxylation is 1. The highest BCUT2D eigenvalue weighted by molar-refractivity contribution is 5.75. The lowest BCUT2D eigenvalue weighted by Crippen LogP contribution is -2.57. The number of alkyl halides is 3. The van der Waals surface area contributed by atoms with Gasteiger partial charge in [0.1, 0.15) is 0 Å². The Morgan fingerprint density at radius 1 is 1.30 bits per heavy atom. The zero-order valence-corrected chi connectivity index (χ0v) is 17.1. The molecule has 0 bridgehead atoms. The van der Waals surface area contributed by atoms with Crippen molar-refractivity contribution in [3.63, 3.8) is 0 Å². The van der Waals surface area contributed by atoms with Crippen molar-refractivity contribution in [1.29, 1.82) is 0 Å². The number of carboxylic acid groups (broad SMARTS) is 2. The second kappa shape index (κ2) is 9.77. The number of carbonyl (C=O) groups is 3. The average molecular weight is 433 g/mol. The third-order valence-electron chi connectivity index (χ3n) is 5.40. The second-order valence-electron chi connectivity index (χ2n) is 7.72. The Balaban J connectivity index is 0.000000553. The molecule has 0 spiro atoms. The quantitative estimate of drug-likeness (QED) is 0.565. The maximum atomic E-state index is 12.1. The molecule has 1 aliphatic rings. The van der Waals surface area contributed by atoms with Crippen LogP contribution in [0.25, 0.3) is 0 Å². The van der Waals surface area contributed by atoms with E-state index in [2.05, 4.69) is 15.6 Å². The lowest BCUT2D eigenvalue weighted by Gasteiger charge is -2.52. The van der Waals surface area contributed by atoms with Crippen molar-refractivity contribution in [2.45, 2.75) is 52.9 Å². The topological polar surface area (TPSA) is 129 Å². The fourth-order valence-corrected chi connectivity index (χ4v) is 3.47. The summed E-state index contributed by atoms with van der Waals surface area (Å²) in [4.78, 5) is 36.3. The number of amides is 2. The predicted molar refractivity (Wildman–Crippen MR) is 101 cm³/mol. The summed E-state index contributed by atoms with van der Waals surface area (Å²) in [5.74, 6) is -3.69. The first-order chi connectivity index (χ1) is 13.7. The van der Waals surface area contributed by atoms with Crippen molar-refractivity contribution in [3.8, 4) is 0 Å². The lowest BCUT2D eigenvalue weighted by molar-refractivity contribution is -0.192. The van der Waals surface area contributed by atoms with Crippen LogP contribution < -0.4 is 10.6 Å². The molecule has 1 aromatic heterocycles. The van der Waals surface area contributed by atoms with Crippen LogP contribution in [-0.4, -0.2) is 45.4 Å². The molecule has 0 aliphatic heterocycles. The summed E-state index contributed by atoms with van der Waals surface area (Å²) in [6.07, 6.45) is -2.76. The van der Waals surface area contributed by atoms with Gasteiger partial charge < -0.3 is 20.8 Å². The van der Waals surface area contributed by atoms with Crippen LogP contribution in [0.3, 0.4) is 0 Å². The Labute approximate surface area is 171 Å². The van der Waals surface area contributed by atoms with Crippen LogP contribution >= 0.6 is 0 Å². The molecule has 11 heteroatoms. The number of hydrogen-bond donors (Lipinski definition) is 4. The van der Waals surface area contributed by atoms with Gasteiger partial charge in [-0.3, -0.25) is 9.78 Å². The molecule has 168 valence electrons. The molecule has 1 saturated carbocycles. The van der Waals surface area contributed by atoms with Crippen LogP contribution in [0, 0.1) is 24.2 Å². The number of carbonyl (C=O) groups excluding carboxylic acids is 1. The van der Waals surface area contributed by atoms with Crippen molar-refractivity contribution >= 4 is 18.0 Å². The van der Waals surface area contributed by atoms with Crippen LogP contribution in [0.2, 0.25) is 0 Å². The van der Waals surface area contributed by atoms with Gasteiger partial charge in [-0.05, 0) is 43.2 Å². The summed E-state index contributed by atoms with van der Waals surface area (Å²) in [5.41, 5.74) is 1.56. The summed E-state index contributed by atoms with van der Waals surface area (Å²) in [6.45, 7) is 8.16. The molecule has 0 radical (unpaired) electrons. The van der Waals surface area contributed by atoms with Crippen LogP contribution in [0.15, 0.2) is 18.3 Å². The molecule has 1 fully saturated rings. The molecule has 1 aromatic rings. The number of hydrogen-bond acceptors (Lipinski definition) is 4. The maximum absolute atomic E-state index is 12.1. The SMILES string of the molecule is Cc1ncccc1CNC(=O)NC(C)[C@@H]1C[C@H](C(=O)O)C1(C)C.O=C(O)C(F)(F)F. The van der Waals surface area contributed by atoms with Gasteiger partial charge in [0.2, 0.25) is 0 Å². The smallest absolute Gasteiger partial charge is 0.481 e. The maximum Gasteiger partial charge on any atom is 0.490 e. The van der Waals surface area contributed by atoms with Crippen LogP contribution in [0.4, 0.5) is 18.0 Å². The number of pyridine rings is 1. The van der Waals surface area contributed by atoms with Gasteiger partial charge >= 0.3 is 24.1 Å². The molecule has 0 saturated heterocycles. The molecular weight excluding hydrogens is 407 g/mol. The molecule has 1 aliphatic carbocycles. The minimum atomic E-state index is -5.08. The molecule has 3 atom stereocenters. The number of rotatable bonds is 5. The van der Waals surface area contributed by atoms with Gasteiger partial charge in [-0.15, -0.1) is 0 Å². The van der Waals surface area contributed by atoms with E-state index in [0.717, 1.165) is 11.3 Å². The number of halogens is 3. The number of nitrogens with one attached hydrogen (secondary N) is 2. The summed E-state index contributed by atoms with van der Waals surface area (Å²) in [6, 6.07) is 3.46. The highest BCUT2D eigenvalue weighted by atomic mass is 19.4. The third kappa shape index (κ3) is 6.60. The van der Waals surface area contributed by atoms with Crippen molar-refractivity contribution < 1.29 is 37.8 Å². The highest BCUT2D eigenvalue weighted by Gasteiger charge is 2.53. The number of carboxylic acids is 2. The molecular formula is C19H26F3N3O5. The predicted octanol–water partition coefficient (Wildman–Crippen LogP) is 2.96. The Hall–Kier alpha value is -2.85. The van der Waals surface area contributed by atoms with Gasteiger partial charge in [0.15, 0.2) is 0 Å². The third-order valence-corrected chi connectivity index (χ3v) is 5.40. The summed E-state index contributed by atoms with van der Waals surface area (Å²) in [5, 5.41) is 22.1. The second-order valence-corrected chi connectivity index (χ2v) is 7.72. The Morgan fingerprint density at radius 2 is 1.87 bits per heavy atom. The molecule has 4 N–H and O–H groups in total. The lowest BCUT2D eigenvalue weighted by atomic mass is 9.53. The summed E-state index contributed by atoms with van der Waals surface area (Å²) < 4.78 is 31.7. The average Bonchev–Trinajstić information content (AvgIpc) is 2.59. The van der Waals surface area contributed by atoms with Gasteiger partial charge in [0, 0.05) is 24.5 Å². The van der Waals surface area contributed by atoms with Crippen LogP contribution in [-0.2, 0) is 16.1 Å². The van der Waals surface area contributed by atoms with Gasteiger partial charge in [-0.2, -0.15) is 13.2 Å². The first-order valence-electron chi connectivity index (χ1n) is 9.15. The fourth-order valence-electron chi connectivity index (χ4n) is 3.47. The van der Waals surface area contributed by atoms with E-state index < -0.39 is 18.1 Å². The Morgan fingerprint density at radius 3 is 2.30 bits per heavy atom. The van der Waals surface area contributed by atoms with Crippen LogP contribution in [0.5, 0.6) is 0 Å². The van der Waals surface area contributed by atoms with E-state index in [1.165, 1.54) is 0 Å². The van der Waals surface area contributed by atoms with E-state index in [9.17, 15) is 27.9 Å². The molecule has 30 heavy (non-hydrogen) atoms. The van der Waals surface area contributed by atoms with E-state index >= 15 is 0 Å². The molecule has 1 heterocycles. The minimum absolute atomic E-state index is 0.0735. The Bertz CT molecular complexity index is 783. The van der Waals surface area contributed by atoms with Gasteiger partial charge in [-0.1, -0.05) is 19.9 Å². The first-order valence-corrected chi connectivity index (χ1v) is 9.15. The Kier molecular flexibility index (Phi) is 8.20. The largest absolute Gasteiger partial charge is 0.490 e. The van der Waals surface area contributed by atoms with E-state index in [4.69, 9.17) is 9.90 Å². The zero-order valence-electron chi connectivity index (χ0n) is 17.1. The van der Waals surface area contributed by atoms with E-state index in [0.29, 0.717) is 13.0 Å².